The number of fused-ring (bicyclic) bond motifs is 2. The van der Waals surface area contributed by atoms with Crippen molar-refractivity contribution in [2.24, 2.45) is 0 Å². The van der Waals surface area contributed by atoms with E-state index >= 15 is 0 Å². The van der Waals surface area contributed by atoms with Crippen molar-refractivity contribution in [3.05, 3.63) is 83.6 Å². The average Bonchev–Trinajstić information content (AvgIpc) is 3.80. The van der Waals surface area contributed by atoms with Gasteiger partial charge in [0.1, 0.15) is 0 Å². The zero-order valence-electron chi connectivity index (χ0n) is 19.3. The fourth-order valence-electron chi connectivity index (χ4n) is 4.63. The molecule has 0 spiro atoms. The van der Waals surface area contributed by atoms with E-state index in [4.69, 9.17) is 15.9 Å². The molecule has 0 radical (unpaired) electrons. The number of thiophene rings is 4. The van der Waals surface area contributed by atoms with E-state index in [0.29, 0.717) is 0 Å². The standard InChI is InChI=1S/C28H14N4S4Se2/c1-3-21(33-13-1)23-11-9-19(35-23)17-7-5-15(25-27(17)31-37-29-25)16-6-8-18(28-26(16)30-38-32-28)20-10-12-24(36-20)22-4-2-14-34-22/h1-14H. The maximum atomic E-state index is 4.89. The van der Waals surface area contributed by atoms with Crippen molar-refractivity contribution in [1.82, 2.24) is 15.9 Å². The van der Waals surface area contributed by atoms with Crippen molar-refractivity contribution < 1.29 is 0 Å². The predicted molar refractivity (Wildman–Crippen MR) is 165 cm³/mol. The molecule has 182 valence electrons. The summed E-state index contributed by atoms with van der Waals surface area (Å²) in [6, 6.07) is 26.2. The molecule has 0 N–H and O–H groups in total. The van der Waals surface area contributed by atoms with Gasteiger partial charge in [0.15, 0.2) is 0 Å². The molecule has 0 aliphatic rings. The van der Waals surface area contributed by atoms with Gasteiger partial charge in [-0.1, -0.05) is 0 Å². The zero-order chi connectivity index (χ0) is 25.1. The summed E-state index contributed by atoms with van der Waals surface area (Å²) in [5.41, 5.74) is 8.55. The number of hydrogen-bond donors (Lipinski definition) is 0. The summed E-state index contributed by atoms with van der Waals surface area (Å²) in [6.07, 6.45) is 0. The molecule has 0 saturated carbocycles. The Morgan fingerprint density at radius 2 is 0.789 bits per heavy atom. The summed E-state index contributed by atoms with van der Waals surface area (Å²) in [5.74, 6) is 0. The van der Waals surface area contributed by atoms with Crippen LogP contribution in [0.5, 0.6) is 0 Å². The van der Waals surface area contributed by atoms with E-state index < -0.39 is 0 Å². The molecule has 0 atom stereocenters. The molecule has 0 saturated heterocycles. The van der Waals surface area contributed by atoms with Gasteiger partial charge in [0.2, 0.25) is 0 Å². The Morgan fingerprint density at radius 3 is 1.21 bits per heavy atom. The van der Waals surface area contributed by atoms with Crippen LogP contribution >= 0.6 is 45.3 Å². The van der Waals surface area contributed by atoms with Gasteiger partial charge in [0, 0.05) is 0 Å². The van der Waals surface area contributed by atoms with Crippen LogP contribution in [0.1, 0.15) is 0 Å². The van der Waals surface area contributed by atoms with Crippen LogP contribution in [0.25, 0.3) is 73.6 Å². The second-order valence-corrected chi connectivity index (χ2v) is 14.8. The van der Waals surface area contributed by atoms with Crippen molar-refractivity contribution in [2.75, 3.05) is 0 Å². The van der Waals surface area contributed by atoms with Gasteiger partial charge >= 0.3 is 248 Å². The summed E-state index contributed by atoms with van der Waals surface area (Å²) in [6.45, 7) is 0. The Bertz CT molecular complexity index is 1900. The molecule has 6 heterocycles. The average molecular weight is 693 g/mol. The first-order chi connectivity index (χ1) is 18.8. The van der Waals surface area contributed by atoms with Crippen LogP contribution < -0.4 is 0 Å². The number of benzene rings is 2. The van der Waals surface area contributed by atoms with Gasteiger partial charge in [-0.3, -0.25) is 0 Å². The molecule has 4 nitrogen and oxygen atoms in total. The van der Waals surface area contributed by atoms with Crippen molar-refractivity contribution in [3.8, 4) is 51.5 Å². The summed E-state index contributed by atoms with van der Waals surface area (Å²) in [7, 11) is 0. The van der Waals surface area contributed by atoms with Crippen LogP contribution in [0.15, 0.2) is 83.6 Å². The van der Waals surface area contributed by atoms with E-state index in [1.807, 2.05) is 22.7 Å². The van der Waals surface area contributed by atoms with Crippen LogP contribution in [0.4, 0.5) is 0 Å². The Morgan fingerprint density at radius 1 is 0.395 bits per heavy atom. The molecule has 8 aromatic rings. The molecular weight excluding hydrogens is 679 g/mol. The summed E-state index contributed by atoms with van der Waals surface area (Å²) < 4.78 is 19.5. The Labute approximate surface area is 246 Å². The second-order valence-electron chi connectivity index (χ2n) is 8.53. The zero-order valence-corrected chi connectivity index (χ0v) is 26.0. The number of nitrogens with zero attached hydrogens (tertiary/aromatic N) is 4. The van der Waals surface area contributed by atoms with Crippen LogP contribution in [0.3, 0.4) is 0 Å². The molecule has 0 aliphatic heterocycles. The molecule has 2 aromatic carbocycles. The van der Waals surface area contributed by atoms with Gasteiger partial charge < -0.3 is 0 Å². The fourth-order valence-corrected chi connectivity index (χ4v) is 10.8. The van der Waals surface area contributed by atoms with Gasteiger partial charge in [-0.25, -0.2) is 0 Å². The van der Waals surface area contributed by atoms with Crippen molar-refractivity contribution >= 4 is 97.3 Å². The first kappa shape index (κ1) is 23.4. The van der Waals surface area contributed by atoms with Gasteiger partial charge in [-0.05, 0) is 0 Å². The monoisotopic (exact) mass is 694 g/mol. The van der Waals surface area contributed by atoms with Gasteiger partial charge in [-0.2, -0.15) is 0 Å². The van der Waals surface area contributed by atoms with E-state index in [-0.39, 0.29) is 29.9 Å². The minimum absolute atomic E-state index is 0.134. The molecule has 8 rings (SSSR count). The van der Waals surface area contributed by atoms with E-state index in [1.54, 1.807) is 22.7 Å². The van der Waals surface area contributed by atoms with E-state index in [9.17, 15) is 0 Å². The number of aromatic nitrogens is 4. The molecular formula is C28H14N4S4Se2. The molecule has 10 heteroatoms. The molecule has 0 fully saturated rings. The van der Waals surface area contributed by atoms with Crippen LogP contribution in [-0.2, 0) is 0 Å². The fraction of sp³-hybridized carbons (Fsp3) is 0. The van der Waals surface area contributed by atoms with E-state index in [1.165, 1.54) is 40.4 Å². The van der Waals surface area contributed by atoms with Crippen molar-refractivity contribution in [3.63, 3.8) is 0 Å². The molecule has 38 heavy (non-hydrogen) atoms. The normalized spacial score (nSPS) is 11.7. The Kier molecular flexibility index (Phi) is 5.90. The molecule has 0 aliphatic carbocycles. The molecule has 6 aromatic heterocycles. The topological polar surface area (TPSA) is 51.6 Å². The molecule has 0 amide bonds. The quantitative estimate of drug-likeness (QED) is 0.171. The summed E-state index contributed by atoms with van der Waals surface area (Å²) in [4.78, 5) is 7.65. The maximum absolute atomic E-state index is 4.89. The van der Waals surface area contributed by atoms with Gasteiger partial charge in [0.05, 0.1) is 0 Å². The van der Waals surface area contributed by atoms with Crippen LogP contribution in [-0.4, -0.2) is 45.8 Å². The molecule has 0 unspecified atom stereocenters. The van der Waals surface area contributed by atoms with Crippen molar-refractivity contribution in [1.29, 1.82) is 0 Å². The summed E-state index contributed by atoms with van der Waals surface area (Å²) >= 11 is 6.92. The molecule has 0 bridgehead atoms. The number of hydrogen-bond acceptors (Lipinski definition) is 8. The predicted octanol–water partition coefficient (Wildman–Crippen LogP) is 8.27. The van der Waals surface area contributed by atoms with Gasteiger partial charge in [-0.15, -0.1) is 0 Å². The number of rotatable bonds is 5. The summed E-state index contributed by atoms with van der Waals surface area (Å²) in [5, 5.41) is 4.25. The minimum atomic E-state index is -0.134. The van der Waals surface area contributed by atoms with Crippen LogP contribution in [0.2, 0.25) is 0 Å². The van der Waals surface area contributed by atoms with Gasteiger partial charge in [0.25, 0.3) is 0 Å². The second kappa shape index (κ2) is 9.59. The third-order valence-electron chi connectivity index (χ3n) is 6.39. The first-order valence-electron chi connectivity index (χ1n) is 11.6. The van der Waals surface area contributed by atoms with Crippen molar-refractivity contribution in [2.45, 2.75) is 0 Å². The third-order valence-corrected chi connectivity index (χ3v) is 13.0. The van der Waals surface area contributed by atoms with Crippen LogP contribution in [0, 0.1) is 0 Å². The Hall–Kier alpha value is -2.52. The van der Waals surface area contributed by atoms with E-state index in [0.717, 1.165) is 33.2 Å². The van der Waals surface area contributed by atoms with E-state index in [2.05, 4.69) is 83.6 Å². The SMILES string of the molecule is c1csc(-c2ccc(-c3ccc(-c4ccc(-c5ccc(-c6cccs6)s5)c5n[se]nc45)c4n[se]nc34)s2)c1. The Balaban J connectivity index is 1.23. The third kappa shape index (κ3) is 3.87. The first-order valence-corrected chi connectivity index (χ1v) is 18.1.